The average Bonchev–Trinajstić information content (AvgIpc) is 2.69. The largest absolute Gasteiger partial charge is 0.385 e. The molecule has 0 radical (unpaired) electrons. The van der Waals surface area contributed by atoms with Crippen LogP contribution >= 0.6 is 0 Å². The van der Waals surface area contributed by atoms with Crippen molar-refractivity contribution in [2.45, 2.75) is 32.7 Å². The molecule has 15 heavy (non-hydrogen) atoms. The van der Waals surface area contributed by atoms with Crippen LogP contribution in [0.15, 0.2) is 12.4 Å². The zero-order valence-electron chi connectivity index (χ0n) is 9.70. The normalized spacial score (nSPS) is 10.5. The number of nitrogens with one attached hydrogen (secondary N) is 1. The second kappa shape index (κ2) is 7.29. The Labute approximate surface area is 91.7 Å². The molecular weight excluding hydrogens is 190 g/mol. The van der Waals surface area contributed by atoms with Gasteiger partial charge in [-0.15, -0.1) is 0 Å². The molecule has 0 aliphatic carbocycles. The average molecular weight is 211 g/mol. The van der Waals surface area contributed by atoms with Gasteiger partial charge in [0.05, 0.1) is 0 Å². The van der Waals surface area contributed by atoms with Crippen molar-refractivity contribution in [3.8, 4) is 0 Å². The van der Waals surface area contributed by atoms with Gasteiger partial charge < -0.3 is 14.6 Å². The molecule has 1 N–H and O–H groups in total. The van der Waals surface area contributed by atoms with E-state index in [1.165, 1.54) is 0 Å². The van der Waals surface area contributed by atoms with Gasteiger partial charge in [0.1, 0.15) is 0 Å². The minimum atomic E-state index is 0.840. The van der Waals surface area contributed by atoms with Gasteiger partial charge in [-0.2, -0.15) is 0 Å². The smallest absolute Gasteiger partial charge is 0.202 e. The first-order valence-electron chi connectivity index (χ1n) is 5.62. The zero-order valence-corrected chi connectivity index (χ0v) is 9.70. The van der Waals surface area contributed by atoms with E-state index in [2.05, 4.69) is 21.8 Å². The lowest BCUT2D eigenvalue weighted by molar-refractivity contribution is 0.191. The molecule has 0 fully saturated rings. The van der Waals surface area contributed by atoms with Gasteiger partial charge >= 0.3 is 0 Å². The number of anilines is 1. The molecule has 0 unspecified atom stereocenters. The summed E-state index contributed by atoms with van der Waals surface area (Å²) in [6.07, 6.45) is 7.21. The SMILES string of the molecule is CCCNc1nccn1CCCCOC. The summed E-state index contributed by atoms with van der Waals surface area (Å²) in [5, 5.41) is 3.30. The van der Waals surface area contributed by atoms with Gasteiger partial charge in [0.25, 0.3) is 0 Å². The Hall–Kier alpha value is -1.03. The lowest BCUT2D eigenvalue weighted by Crippen LogP contribution is -2.08. The highest BCUT2D eigenvalue weighted by atomic mass is 16.5. The Balaban J connectivity index is 2.29. The molecule has 1 rings (SSSR count). The number of methoxy groups -OCH3 is 1. The maximum atomic E-state index is 5.02. The molecule has 1 heterocycles. The van der Waals surface area contributed by atoms with Gasteiger partial charge in [-0.05, 0) is 19.3 Å². The van der Waals surface area contributed by atoms with Crippen LogP contribution in [0.5, 0.6) is 0 Å². The van der Waals surface area contributed by atoms with Crippen LogP contribution in [0.2, 0.25) is 0 Å². The highest BCUT2D eigenvalue weighted by molar-refractivity contribution is 5.25. The summed E-state index contributed by atoms with van der Waals surface area (Å²) in [5.41, 5.74) is 0. The van der Waals surface area contributed by atoms with Gasteiger partial charge in [-0.1, -0.05) is 6.92 Å². The second-order valence-corrected chi connectivity index (χ2v) is 3.57. The molecular formula is C11H21N3O. The van der Waals surface area contributed by atoms with E-state index in [1.807, 2.05) is 12.4 Å². The number of rotatable bonds is 8. The minimum Gasteiger partial charge on any atom is -0.385 e. The zero-order chi connectivity index (χ0) is 10.9. The molecule has 0 aliphatic rings. The number of unbranched alkanes of at least 4 members (excludes halogenated alkanes) is 1. The molecule has 4 nitrogen and oxygen atoms in total. The van der Waals surface area contributed by atoms with Crippen LogP contribution in [0.3, 0.4) is 0 Å². The van der Waals surface area contributed by atoms with E-state index in [0.29, 0.717) is 0 Å². The first-order chi connectivity index (χ1) is 7.38. The van der Waals surface area contributed by atoms with E-state index >= 15 is 0 Å². The summed E-state index contributed by atoms with van der Waals surface area (Å²) in [5.74, 6) is 0.981. The van der Waals surface area contributed by atoms with Gasteiger partial charge in [-0.25, -0.2) is 4.98 Å². The van der Waals surface area contributed by atoms with Crippen molar-refractivity contribution in [3.05, 3.63) is 12.4 Å². The summed E-state index contributed by atoms with van der Waals surface area (Å²) in [6, 6.07) is 0. The number of aryl methyl sites for hydroxylation is 1. The highest BCUT2D eigenvalue weighted by Crippen LogP contribution is 2.06. The summed E-state index contributed by atoms with van der Waals surface area (Å²) in [6.45, 7) is 4.98. The van der Waals surface area contributed by atoms with Crippen molar-refractivity contribution >= 4 is 5.95 Å². The minimum absolute atomic E-state index is 0.840. The van der Waals surface area contributed by atoms with Crippen molar-refractivity contribution in [2.75, 3.05) is 25.6 Å². The van der Waals surface area contributed by atoms with Crippen LogP contribution in [0.25, 0.3) is 0 Å². The number of aromatic nitrogens is 2. The van der Waals surface area contributed by atoms with Crippen molar-refractivity contribution in [1.29, 1.82) is 0 Å². The molecule has 1 aromatic heterocycles. The van der Waals surface area contributed by atoms with Crippen molar-refractivity contribution < 1.29 is 4.74 Å². The number of nitrogens with zero attached hydrogens (tertiary/aromatic N) is 2. The van der Waals surface area contributed by atoms with E-state index in [1.54, 1.807) is 7.11 Å². The lowest BCUT2D eigenvalue weighted by Gasteiger charge is -2.08. The van der Waals surface area contributed by atoms with Crippen LogP contribution in [-0.4, -0.2) is 29.8 Å². The summed E-state index contributed by atoms with van der Waals surface area (Å²) < 4.78 is 7.17. The van der Waals surface area contributed by atoms with E-state index in [0.717, 1.165) is 44.9 Å². The molecule has 0 aliphatic heterocycles. The summed E-state index contributed by atoms with van der Waals surface area (Å²) >= 11 is 0. The van der Waals surface area contributed by atoms with E-state index in [9.17, 15) is 0 Å². The van der Waals surface area contributed by atoms with Gasteiger partial charge in [0, 0.05) is 39.2 Å². The Bertz CT molecular complexity index is 260. The van der Waals surface area contributed by atoms with Crippen molar-refractivity contribution in [2.24, 2.45) is 0 Å². The van der Waals surface area contributed by atoms with Crippen LogP contribution < -0.4 is 5.32 Å². The van der Waals surface area contributed by atoms with Gasteiger partial charge in [0.2, 0.25) is 5.95 Å². The Kier molecular flexibility index (Phi) is 5.85. The third-order valence-corrected chi connectivity index (χ3v) is 2.25. The Morgan fingerprint density at radius 1 is 1.47 bits per heavy atom. The molecule has 0 saturated heterocycles. The first kappa shape index (κ1) is 12.0. The molecule has 86 valence electrons. The molecule has 0 saturated carbocycles. The van der Waals surface area contributed by atoms with Crippen molar-refractivity contribution in [3.63, 3.8) is 0 Å². The van der Waals surface area contributed by atoms with Crippen LogP contribution in [0.1, 0.15) is 26.2 Å². The van der Waals surface area contributed by atoms with E-state index < -0.39 is 0 Å². The standard InChI is InChI=1S/C11H21N3O/c1-3-6-12-11-13-7-9-14(11)8-4-5-10-15-2/h7,9H,3-6,8,10H2,1-2H3,(H,12,13). The molecule has 1 aromatic rings. The van der Waals surface area contributed by atoms with Crippen LogP contribution in [0, 0.1) is 0 Å². The van der Waals surface area contributed by atoms with Crippen molar-refractivity contribution in [1.82, 2.24) is 9.55 Å². The third kappa shape index (κ3) is 4.34. The summed E-state index contributed by atoms with van der Waals surface area (Å²) in [7, 11) is 1.74. The third-order valence-electron chi connectivity index (χ3n) is 2.25. The quantitative estimate of drug-likeness (QED) is 0.669. The topological polar surface area (TPSA) is 39.1 Å². The molecule has 0 amide bonds. The predicted molar refractivity (Wildman–Crippen MR) is 62.1 cm³/mol. The molecule has 0 aromatic carbocycles. The maximum absolute atomic E-state index is 5.02. The fourth-order valence-corrected chi connectivity index (χ4v) is 1.42. The van der Waals surface area contributed by atoms with Gasteiger partial charge in [-0.3, -0.25) is 0 Å². The summed E-state index contributed by atoms with van der Waals surface area (Å²) in [4.78, 5) is 4.27. The molecule has 0 atom stereocenters. The Morgan fingerprint density at radius 3 is 3.07 bits per heavy atom. The molecule has 0 spiro atoms. The Morgan fingerprint density at radius 2 is 2.33 bits per heavy atom. The predicted octanol–water partition coefficient (Wildman–Crippen LogP) is 2.13. The monoisotopic (exact) mass is 211 g/mol. The maximum Gasteiger partial charge on any atom is 0.202 e. The number of imidazole rings is 1. The highest BCUT2D eigenvalue weighted by Gasteiger charge is 2.00. The number of ether oxygens (including phenoxy) is 1. The first-order valence-corrected chi connectivity index (χ1v) is 5.62. The lowest BCUT2D eigenvalue weighted by atomic mass is 10.3. The van der Waals surface area contributed by atoms with Gasteiger partial charge in [0.15, 0.2) is 0 Å². The van der Waals surface area contributed by atoms with E-state index in [-0.39, 0.29) is 0 Å². The van der Waals surface area contributed by atoms with Crippen LogP contribution in [0.4, 0.5) is 5.95 Å². The molecule has 4 heteroatoms. The fraction of sp³-hybridized carbons (Fsp3) is 0.727. The number of hydrogen-bond acceptors (Lipinski definition) is 3. The number of hydrogen-bond donors (Lipinski definition) is 1. The van der Waals surface area contributed by atoms with Crippen LogP contribution in [-0.2, 0) is 11.3 Å². The second-order valence-electron chi connectivity index (χ2n) is 3.57. The molecule has 0 bridgehead atoms. The van der Waals surface area contributed by atoms with E-state index in [4.69, 9.17) is 4.74 Å². The fourth-order valence-electron chi connectivity index (χ4n) is 1.42.